The van der Waals surface area contributed by atoms with Crippen molar-refractivity contribution in [3.63, 3.8) is 0 Å². The zero-order valence-electron chi connectivity index (χ0n) is 6.84. The molecule has 0 amide bonds. The predicted octanol–water partition coefficient (Wildman–Crippen LogP) is 3.06. The van der Waals surface area contributed by atoms with Crippen LogP contribution in [0.25, 0.3) is 0 Å². The molecule has 3 aliphatic carbocycles. The quantitative estimate of drug-likeness (QED) is 0.461. The molecule has 0 saturated heterocycles. The Hall–Kier alpha value is -0.520. The maximum atomic E-state index is 2.44. The minimum atomic E-state index is 0.885. The molecular formula is C11H14. The highest BCUT2D eigenvalue weighted by atomic mass is 14.4. The van der Waals surface area contributed by atoms with E-state index >= 15 is 0 Å². The third-order valence-corrected chi connectivity index (χ3v) is 3.53. The van der Waals surface area contributed by atoms with E-state index in [9.17, 15) is 0 Å². The third kappa shape index (κ3) is 0.702. The average molecular weight is 146 g/mol. The Morgan fingerprint density at radius 1 is 0.909 bits per heavy atom. The van der Waals surface area contributed by atoms with Gasteiger partial charge in [0.25, 0.3) is 0 Å². The Kier molecular flexibility index (Phi) is 1.10. The summed E-state index contributed by atoms with van der Waals surface area (Å²) in [5, 5.41) is 0. The lowest BCUT2D eigenvalue weighted by Crippen LogP contribution is -2.03. The van der Waals surface area contributed by atoms with Gasteiger partial charge in [-0.25, -0.2) is 0 Å². The second-order valence-corrected chi connectivity index (χ2v) is 4.09. The van der Waals surface area contributed by atoms with Crippen LogP contribution in [0.1, 0.15) is 32.1 Å². The van der Waals surface area contributed by atoms with Gasteiger partial charge in [0, 0.05) is 0 Å². The highest BCUT2D eigenvalue weighted by Crippen LogP contribution is 2.49. The van der Waals surface area contributed by atoms with Crippen molar-refractivity contribution in [2.75, 3.05) is 0 Å². The molecule has 0 heteroatoms. The molecule has 0 aliphatic heterocycles. The third-order valence-electron chi connectivity index (χ3n) is 3.53. The zero-order chi connectivity index (χ0) is 7.26. The summed E-state index contributed by atoms with van der Waals surface area (Å²) < 4.78 is 0. The van der Waals surface area contributed by atoms with E-state index in [1.807, 2.05) is 11.1 Å². The number of hydrogen-bond acceptors (Lipinski definition) is 0. The van der Waals surface area contributed by atoms with E-state index in [1.54, 1.807) is 0 Å². The van der Waals surface area contributed by atoms with Crippen molar-refractivity contribution in [2.24, 2.45) is 11.8 Å². The van der Waals surface area contributed by atoms with Crippen LogP contribution < -0.4 is 0 Å². The largest absolute Gasteiger partial charge is 0.0807 e. The molecule has 3 rings (SSSR count). The molecule has 11 heavy (non-hydrogen) atoms. The van der Waals surface area contributed by atoms with Crippen LogP contribution in [0.2, 0.25) is 0 Å². The molecule has 0 fully saturated rings. The molecule has 2 atom stereocenters. The van der Waals surface area contributed by atoms with Gasteiger partial charge < -0.3 is 0 Å². The van der Waals surface area contributed by atoms with Gasteiger partial charge in [-0.3, -0.25) is 0 Å². The van der Waals surface area contributed by atoms with Gasteiger partial charge in [0.15, 0.2) is 0 Å². The van der Waals surface area contributed by atoms with Crippen molar-refractivity contribution >= 4 is 0 Å². The van der Waals surface area contributed by atoms with E-state index in [4.69, 9.17) is 0 Å². The minimum Gasteiger partial charge on any atom is -0.0807 e. The first kappa shape index (κ1) is 6.05. The van der Waals surface area contributed by atoms with E-state index in [0.717, 1.165) is 11.8 Å². The topological polar surface area (TPSA) is 0 Å². The van der Waals surface area contributed by atoms with Gasteiger partial charge in [0.05, 0.1) is 0 Å². The SMILES string of the molecule is C1=CC2CC1C1=C2CCCC1. The van der Waals surface area contributed by atoms with Crippen LogP contribution in [0.4, 0.5) is 0 Å². The van der Waals surface area contributed by atoms with Gasteiger partial charge in [-0.05, 0) is 43.9 Å². The van der Waals surface area contributed by atoms with Crippen LogP contribution in [0.3, 0.4) is 0 Å². The summed E-state index contributed by atoms with van der Waals surface area (Å²) >= 11 is 0. The fourth-order valence-electron chi connectivity index (χ4n) is 3.01. The number of hydrogen-bond donors (Lipinski definition) is 0. The molecular weight excluding hydrogens is 132 g/mol. The van der Waals surface area contributed by atoms with Crippen molar-refractivity contribution in [1.29, 1.82) is 0 Å². The molecule has 58 valence electrons. The van der Waals surface area contributed by atoms with Crippen LogP contribution in [0.5, 0.6) is 0 Å². The van der Waals surface area contributed by atoms with Gasteiger partial charge in [-0.1, -0.05) is 23.3 Å². The molecule has 0 aromatic rings. The van der Waals surface area contributed by atoms with E-state index in [-0.39, 0.29) is 0 Å². The van der Waals surface area contributed by atoms with Gasteiger partial charge in [0.1, 0.15) is 0 Å². The first-order valence-corrected chi connectivity index (χ1v) is 4.85. The van der Waals surface area contributed by atoms with Crippen LogP contribution in [0.15, 0.2) is 23.3 Å². The monoisotopic (exact) mass is 146 g/mol. The van der Waals surface area contributed by atoms with E-state index in [1.165, 1.54) is 32.1 Å². The van der Waals surface area contributed by atoms with Crippen molar-refractivity contribution in [3.8, 4) is 0 Å². The summed E-state index contributed by atoms with van der Waals surface area (Å²) in [6.45, 7) is 0. The average Bonchev–Trinajstić information content (AvgIpc) is 2.64. The molecule has 0 saturated carbocycles. The van der Waals surface area contributed by atoms with Crippen LogP contribution in [-0.2, 0) is 0 Å². The summed E-state index contributed by atoms with van der Waals surface area (Å²) in [5.41, 5.74) is 3.67. The zero-order valence-corrected chi connectivity index (χ0v) is 6.84. The Morgan fingerprint density at radius 3 is 2.00 bits per heavy atom. The van der Waals surface area contributed by atoms with E-state index in [0.29, 0.717) is 0 Å². The summed E-state index contributed by atoms with van der Waals surface area (Å²) in [6, 6.07) is 0. The maximum Gasteiger partial charge on any atom is -0.00115 e. The highest BCUT2D eigenvalue weighted by molar-refractivity contribution is 5.38. The van der Waals surface area contributed by atoms with Gasteiger partial charge in [-0.2, -0.15) is 0 Å². The molecule has 0 aromatic carbocycles. The molecule has 3 aliphatic rings. The van der Waals surface area contributed by atoms with Gasteiger partial charge in [0.2, 0.25) is 0 Å². The fourth-order valence-corrected chi connectivity index (χ4v) is 3.01. The molecule has 0 radical (unpaired) electrons. The second-order valence-electron chi connectivity index (χ2n) is 4.09. The van der Waals surface area contributed by atoms with Crippen molar-refractivity contribution in [3.05, 3.63) is 23.3 Å². The Balaban J connectivity index is 2.03. The van der Waals surface area contributed by atoms with E-state index in [2.05, 4.69) is 12.2 Å². The second kappa shape index (κ2) is 2.00. The molecule has 0 nitrogen and oxygen atoms in total. The molecule has 2 bridgehead atoms. The number of allylic oxidation sites excluding steroid dienone is 4. The van der Waals surface area contributed by atoms with Gasteiger partial charge >= 0.3 is 0 Å². The summed E-state index contributed by atoms with van der Waals surface area (Å²) in [4.78, 5) is 0. The Bertz CT molecular complexity index is 221. The molecule has 0 spiro atoms. The normalized spacial score (nSPS) is 40.0. The lowest BCUT2D eigenvalue weighted by atomic mass is 9.85. The molecule has 0 aromatic heterocycles. The summed E-state index contributed by atoms with van der Waals surface area (Å²) in [5.74, 6) is 1.77. The highest BCUT2D eigenvalue weighted by Gasteiger charge is 2.35. The first-order valence-electron chi connectivity index (χ1n) is 4.85. The maximum absolute atomic E-state index is 2.44. The molecule has 0 heterocycles. The lowest BCUT2D eigenvalue weighted by Gasteiger charge is -2.20. The smallest absolute Gasteiger partial charge is 0.00115 e. The predicted molar refractivity (Wildman–Crippen MR) is 46.2 cm³/mol. The van der Waals surface area contributed by atoms with Crippen LogP contribution in [0, 0.1) is 11.8 Å². The first-order chi connectivity index (χ1) is 5.45. The van der Waals surface area contributed by atoms with Crippen molar-refractivity contribution < 1.29 is 0 Å². The van der Waals surface area contributed by atoms with E-state index < -0.39 is 0 Å². The van der Waals surface area contributed by atoms with Crippen LogP contribution in [-0.4, -0.2) is 0 Å². The van der Waals surface area contributed by atoms with Crippen LogP contribution >= 0.6 is 0 Å². The lowest BCUT2D eigenvalue weighted by molar-refractivity contribution is 0.640. The van der Waals surface area contributed by atoms with Gasteiger partial charge in [-0.15, -0.1) is 0 Å². The fraction of sp³-hybridized carbons (Fsp3) is 0.636. The summed E-state index contributed by atoms with van der Waals surface area (Å²) in [7, 11) is 0. The minimum absolute atomic E-state index is 0.885. The standard InChI is InChI=1S/C11H14/c1-2-4-11-9-6-5-8(7-9)10(11)3-1/h5-6,8-9H,1-4,7H2. The summed E-state index contributed by atoms with van der Waals surface area (Å²) in [6.07, 6.45) is 12.1. The number of fused-ring (bicyclic) bond motifs is 4. The molecule has 2 unspecified atom stereocenters. The van der Waals surface area contributed by atoms with Crippen molar-refractivity contribution in [1.82, 2.24) is 0 Å². The Labute approximate surface area is 68.0 Å². The number of rotatable bonds is 0. The Morgan fingerprint density at radius 2 is 1.45 bits per heavy atom. The molecule has 0 N–H and O–H groups in total. The van der Waals surface area contributed by atoms with Crippen molar-refractivity contribution in [2.45, 2.75) is 32.1 Å².